The molecule has 0 amide bonds. The average molecular weight is 519 g/mol. The summed E-state index contributed by atoms with van der Waals surface area (Å²) in [6, 6.07) is 7.92. The predicted octanol–water partition coefficient (Wildman–Crippen LogP) is 1.08. The Morgan fingerprint density at radius 1 is 0.838 bits per heavy atom. The maximum absolute atomic E-state index is 12.0. The highest BCUT2D eigenvalue weighted by Crippen LogP contribution is 2.36. The number of ether oxygens (including phenoxy) is 5. The first kappa shape index (κ1) is 27.7. The van der Waals surface area contributed by atoms with Crippen LogP contribution in [-0.2, 0) is 55.8 Å². The zero-order valence-electron chi connectivity index (χ0n) is 21.3. The number of hydrogen-bond donors (Lipinski definition) is 0. The van der Waals surface area contributed by atoms with Crippen LogP contribution in [0.3, 0.4) is 0 Å². The van der Waals surface area contributed by atoms with Crippen LogP contribution in [0.1, 0.15) is 57.7 Å². The van der Waals surface area contributed by atoms with E-state index in [4.69, 9.17) is 23.7 Å². The van der Waals surface area contributed by atoms with Crippen molar-refractivity contribution in [2.45, 2.75) is 78.1 Å². The normalized spacial score (nSPS) is 23.1. The lowest BCUT2D eigenvalue weighted by Gasteiger charge is -2.43. The third kappa shape index (κ3) is 7.56. The quantitative estimate of drug-likeness (QED) is 0.344. The molecule has 0 aliphatic carbocycles. The van der Waals surface area contributed by atoms with Gasteiger partial charge in [0.05, 0.1) is 6.54 Å². The minimum Gasteiger partial charge on any atom is -0.463 e. The van der Waals surface area contributed by atoms with Gasteiger partial charge in [0.25, 0.3) is 0 Å². The molecule has 0 N–H and O–H groups in total. The number of aryl methyl sites for hydroxylation is 1. The van der Waals surface area contributed by atoms with E-state index in [1.54, 1.807) is 0 Å². The minimum atomic E-state index is -1.31. The number of esters is 4. The lowest BCUT2D eigenvalue weighted by Crippen LogP contribution is -2.59. The molecule has 1 fully saturated rings. The van der Waals surface area contributed by atoms with Crippen molar-refractivity contribution in [3.8, 4) is 0 Å². The van der Waals surface area contributed by atoms with Gasteiger partial charge in [-0.1, -0.05) is 31.2 Å². The molecule has 13 heteroatoms. The Kier molecular flexibility index (Phi) is 9.28. The highest BCUT2D eigenvalue weighted by molar-refractivity contribution is 5.68. The number of tetrazole rings is 1. The van der Waals surface area contributed by atoms with Gasteiger partial charge in [-0.2, -0.15) is 4.80 Å². The van der Waals surface area contributed by atoms with E-state index >= 15 is 0 Å². The summed E-state index contributed by atoms with van der Waals surface area (Å²) in [6.07, 6.45) is -5.22. The topological polar surface area (TPSA) is 158 Å². The molecule has 2 heterocycles. The van der Waals surface area contributed by atoms with Crippen LogP contribution in [0, 0.1) is 0 Å². The summed E-state index contributed by atoms with van der Waals surface area (Å²) in [5.41, 5.74) is 2.12. The van der Waals surface area contributed by atoms with Crippen LogP contribution in [0.4, 0.5) is 0 Å². The van der Waals surface area contributed by atoms with Gasteiger partial charge in [0, 0.05) is 27.7 Å². The largest absolute Gasteiger partial charge is 0.463 e. The van der Waals surface area contributed by atoms with E-state index in [1.807, 2.05) is 24.3 Å². The Labute approximate surface area is 213 Å². The molecule has 0 radical (unpaired) electrons. The van der Waals surface area contributed by atoms with Crippen LogP contribution < -0.4 is 0 Å². The Morgan fingerprint density at radius 3 is 1.97 bits per heavy atom. The summed E-state index contributed by atoms with van der Waals surface area (Å²) in [5.74, 6) is -2.72. The zero-order valence-corrected chi connectivity index (χ0v) is 21.3. The van der Waals surface area contributed by atoms with Crippen molar-refractivity contribution < 1.29 is 42.9 Å². The molecule has 0 bridgehead atoms. The maximum atomic E-state index is 12.0. The Morgan fingerprint density at radius 2 is 1.41 bits per heavy atom. The molecule has 13 nitrogen and oxygen atoms in total. The second-order valence-electron chi connectivity index (χ2n) is 8.47. The molecule has 200 valence electrons. The highest BCUT2D eigenvalue weighted by Gasteiger charge is 2.53. The summed E-state index contributed by atoms with van der Waals surface area (Å²) in [4.78, 5) is 48.6. The molecule has 0 spiro atoms. The van der Waals surface area contributed by atoms with E-state index in [2.05, 4.69) is 22.3 Å². The minimum absolute atomic E-state index is 0.0303. The van der Waals surface area contributed by atoms with Gasteiger partial charge in [-0.3, -0.25) is 19.2 Å². The van der Waals surface area contributed by atoms with Crippen molar-refractivity contribution in [2.75, 3.05) is 6.61 Å². The lowest BCUT2D eigenvalue weighted by atomic mass is 9.93. The van der Waals surface area contributed by atoms with Crippen LogP contribution in [0.15, 0.2) is 24.3 Å². The van der Waals surface area contributed by atoms with E-state index < -0.39 is 54.4 Å². The monoisotopic (exact) mass is 518 g/mol. The van der Waals surface area contributed by atoms with E-state index in [0.29, 0.717) is 6.54 Å². The van der Waals surface area contributed by atoms with Crippen molar-refractivity contribution in [3.05, 3.63) is 41.2 Å². The van der Waals surface area contributed by atoms with Gasteiger partial charge in [0.15, 0.2) is 24.4 Å². The molecule has 0 saturated carbocycles. The summed E-state index contributed by atoms with van der Waals surface area (Å²) in [7, 11) is 0. The molecule has 37 heavy (non-hydrogen) atoms. The van der Waals surface area contributed by atoms with Gasteiger partial charge in [0.2, 0.25) is 5.82 Å². The van der Waals surface area contributed by atoms with Crippen LogP contribution in [0.5, 0.6) is 0 Å². The number of aromatic nitrogens is 4. The molecule has 0 unspecified atom stereocenters. The zero-order chi connectivity index (χ0) is 27.1. The summed E-state index contributed by atoms with van der Waals surface area (Å²) in [5, 5.41) is 12.5. The Hall–Kier alpha value is -3.87. The summed E-state index contributed by atoms with van der Waals surface area (Å²) >= 11 is 0. The predicted molar refractivity (Wildman–Crippen MR) is 124 cm³/mol. The van der Waals surface area contributed by atoms with Crippen LogP contribution in [0.2, 0.25) is 0 Å². The van der Waals surface area contributed by atoms with Crippen LogP contribution in [0.25, 0.3) is 0 Å². The number of carbonyl (C=O) groups is 4. The van der Waals surface area contributed by atoms with Gasteiger partial charge in [0.1, 0.15) is 12.7 Å². The van der Waals surface area contributed by atoms with Gasteiger partial charge < -0.3 is 23.7 Å². The first-order chi connectivity index (χ1) is 17.6. The molecule has 1 aliphatic rings. The van der Waals surface area contributed by atoms with Crippen molar-refractivity contribution in [1.82, 2.24) is 20.2 Å². The Bertz CT molecular complexity index is 1120. The fourth-order valence-electron chi connectivity index (χ4n) is 3.92. The molecule has 5 atom stereocenters. The molecule has 2 aromatic rings. The molecule has 3 rings (SSSR count). The van der Waals surface area contributed by atoms with Gasteiger partial charge in [-0.25, -0.2) is 0 Å². The van der Waals surface area contributed by atoms with E-state index in [0.717, 1.165) is 32.8 Å². The standard InChI is InChI=1S/C24H30N4O9/c1-6-17-7-9-18(10-8-17)11-28-26-24(25-27-28)23-22(36-16(5)32)21(35-15(4)31)20(34-14(3)30)19(37-23)12-33-13(2)29/h7-10,19-23H,6,11-12H2,1-5H3/t19-,20-,21+,22-,23-/m1/s1. The number of benzene rings is 1. The first-order valence-electron chi connectivity index (χ1n) is 11.7. The van der Waals surface area contributed by atoms with E-state index in [-0.39, 0.29) is 12.4 Å². The van der Waals surface area contributed by atoms with Gasteiger partial charge in [-0.15, -0.1) is 10.2 Å². The third-order valence-electron chi connectivity index (χ3n) is 5.47. The molecule has 1 aliphatic heterocycles. The molecular weight excluding hydrogens is 488 g/mol. The van der Waals surface area contributed by atoms with E-state index in [1.165, 1.54) is 17.3 Å². The smallest absolute Gasteiger partial charge is 0.303 e. The molecule has 1 aromatic heterocycles. The summed E-state index contributed by atoms with van der Waals surface area (Å²) < 4.78 is 27.4. The Balaban J connectivity index is 1.96. The third-order valence-corrected chi connectivity index (χ3v) is 5.47. The first-order valence-corrected chi connectivity index (χ1v) is 11.7. The highest BCUT2D eigenvalue weighted by atomic mass is 16.7. The van der Waals surface area contributed by atoms with Crippen molar-refractivity contribution in [3.63, 3.8) is 0 Å². The van der Waals surface area contributed by atoms with Crippen molar-refractivity contribution >= 4 is 23.9 Å². The SMILES string of the molecule is CCc1ccc(Cn2nnc([C@@H]3O[C@H](COC(C)=O)[C@@H](OC(C)=O)[C@H](OC(C)=O)[C@H]3OC(C)=O)n2)cc1. The molecular formula is C24H30N4O9. The van der Waals surface area contributed by atoms with Crippen LogP contribution >= 0.6 is 0 Å². The molecule has 1 aromatic carbocycles. The van der Waals surface area contributed by atoms with Gasteiger partial charge >= 0.3 is 23.9 Å². The fraction of sp³-hybridized carbons (Fsp3) is 0.542. The number of hydrogen-bond acceptors (Lipinski definition) is 12. The average Bonchev–Trinajstić information content (AvgIpc) is 3.28. The lowest BCUT2D eigenvalue weighted by molar-refractivity contribution is -0.255. The number of rotatable bonds is 9. The maximum Gasteiger partial charge on any atom is 0.303 e. The van der Waals surface area contributed by atoms with Crippen LogP contribution in [-0.4, -0.2) is 75.1 Å². The fourth-order valence-corrected chi connectivity index (χ4v) is 3.92. The number of nitrogens with zero attached hydrogens (tertiary/aromatic N) is 4. The molecule has 1 saturated heterocycles. The second kappa shape index (κ2) is 12.4. The number of carbonyl (C=O) groups excluding carboxylic acids is 4. The van der Waals surface area contributed by atoms with E-state index in [9.17, 15) is 19.2 Å². The van der Waals surface area contributed by atoms with Crippen molar-refractivity contribution in [1.29, 1.82) is 0 Å². The summed E-state index contributed by atoms with van der Waals surface area (Å²) in [6.45, 7) is 6.70. The van der Waals surface area contributed by atoms with Gasteiger partial charge in [-0.05, 0) is 22.8 Å². The van der Waals surface area contributed by atoms with Crippen molar-refractivity contribution in [2.24, 2.45) is 0 Å². The second-order valence-corrected chi connectivity index (χ2v) is 8.47.